The van der Waals surface area contributed by atoms with Gasteiger partial charge in [-0.3, -0.25) is 10.2 Å². The van der Waals surface area contributed by atoms with E-state index in [1.807, 2.05) is 0 Å². The zero-order valence-corrected chi connectivity index (χ0v) is 13.4. The number of likely N-dealkylation sites (tertiary alicyclic amines) is 1. The molecular weight excluding hydrogens is 248 g/mol. The molecule has 2 fully saturated rings. The first-order valence-electron chi connectivity index (χ1n) is 8.17. The number of hydrogen-bond acceptors (Lipinski definition) is 4. The summed E-state index contributed by atoms with van der Waals surface area (Å²) in [6.07, 6.45) is 7.08. The average molecular weight is 278 g/mol. The van der Waals surface area contributed by atoms with E-state index in [9.17, 15) is 5.26 Å². The molecule has 1 aliphatic carbocycles. The number of likely N-dealkylation sites (N-methyl/N-ethyl adjacent to an activating group) is 1. The third kappa shape index (κ3) is 3.52. The second kappa shape index (κ2) is 6.89. The lowest BCUT2D eigenvalue weighted by atomic mass is 9.79. The molecule has 3 atom stereocenters. The van der Waals surface area contributed by atoms with Gasteiger partial charge in [-0.2, -0.15) is 5.26 Å². The molecule has 2 aliphatic rings. The van der Waals surface area contributed by atoms with Gasteiger partial charge in [-0.15, -0.1) is 0 Å². The summed E-state index contributed by atoms with van der Waals surface area (Å²) in [4.78, 5) is 5.00. The highest BCUT2D eigenvalue weighted by Crippen LogP contribution is 2.34. The van der Waals surface area contributed by atoms with Crippen molar-refractivity contribution in [2.75, 3.05) is 33.7 Å². The highest BCUT2D eigenvalue weighted by molar-refractivity contribution is 5.11. The summed E-state index contributed by atoms with van der Waals surface area (Å²) < 4.78 is 0. The normalized spacial score (nSPS) is 35.4. The van der Waals surface area contributed by atoms with Crippen molar-refractivity contribution in [2.24, 2.45) is 0 Å². The van der Waals surface area contributed by atoms with Crippen molar-refractivity contribution in [2.45, 2.75) is 63.1 Å². The summed E-state index contributed by atoms with van der Waals surface area (Å²) in [5, 5.41) is 13.1. The van der Waals surface area contributed by atoms with Crippen LogP contribution >= 0.6 is 0 Å². The van der Waals surface area contributed by atoms with Gasteiger partial charge in [0.05, 0.1) is 6.07 Å². The number of nitrogens with one attached hydrogen (secondary N) is 1. The number of nitrogens with zero attached hydrogens (tertiary/aromatic N) is 3. The van der Waals surface area contributed by atoms with Crippen molar-refractivity contribution >= 4 is 0 Å². The number of rotatable bonds is 5. The SMILES string of the molecule is CCNC1(C#N)CCCC(N2CCCC2CN(C)C)C1. The number of hydrogen-bond donors (Lipinski definition) is 1. The molecule has 0 aromatic heterocycles. The van der Waals surface area contributed by atoms with Gasteiger partial charge in [-0.1, -0.05) is 6.92 Å². The van der Waals surface area contributed by atoms with E-state index in [-0.39, 0.29) is 5.54 Å². The molecule has 2 rings (SSSR count). The molecule has 0 spiro atoms. The predicted molar refractivity (Wildman–Crippen MR) is 82.6 cm³/mol. The van der Waals surface area contributed by atoms with Crippen molar-refractivity contribution in [1.29, 1.82) is 5.26 Å². The Morgan fingerprint density at radius 2 is 2.15 bits per heavy atom. The first-order chi connectivity index (χ1) is 9.60. The lowest BCUT2D eigenvalue weighted by Crippen LogP contribution is -2.54. The van der Waals surface area contributed by atoms with E-state index >= 15 is 0 Å². The first-order valence-corrected chi connectivity index (χ1v) is 8.17. The molecule has 1 aliphatic heterocycles. The first kappa shape index (κ1) is 15.8. The molecule has 1 saturated carbocycles. The smallest absolute Gasteiger partial charge is 0.108 e. The highest BCUT2D eigenvalue weighted by atomic mass is 15.2. The van der Waals surface area contributed by atoms with Crippen molar-refractivity contribution in [3.05, 3.63) is 0 Å². The van der Waals surface area contributed by atoms with Gasteiger partial charge in [-0.25, -0.2) is 0 Å². The molecule has 0 aromatic rings. The lowest BCUT2D eigenvalue weighted by molar-refractivity contribution is 0.0965. The quantitative estimate of drug-likeness (QED) is 0.833. The van der Waals surface area contributed by atoms with Crippen LogP contribution in [0.1, 0.15) is 45.4 Å². The Hall–Kier alpha value is -0.630. The maximum Gasteiger partial charge on any atom is 0.108 e. The number of nitriles is 1. The van der Waals surface area contributed by atoms with Crippen molar-refractivity contribution in [1.82, 2.24) is 15.1 Å². The summed E-state index contributed by atoms with van der Waals surface area (Å²) in [5.41, 5.74) is -0.275. The molecule has 0 aromatic carbocycles. The minimum atomic E-state index is -0.275. The summed E-state index contributed by atoms with van der Waals surface area (Å²) in [7, 11) is 4.32. The minimum Gasteiger partial charge on any atom is -0.308 e. The molecule has 1 N–H and O–H groups in total. The van der Waals surface area contributed by atoms with Crippen molar-refractivity contribution in [3.8, 4) is 6.07 Å². The van der Waals surface area contributed by atoms with Crippen molar-refractivity contribution in [3.63, 3.8) is 0 Å². The third-order valence-corrected chi connectivity index (χ3v) is 4.92. The molecule has 0 bridgehead atoms. The molecular formula is C16H30N4. The Kier molecular flexibility index (Phi) is 5.42. The van der Waals surface area contributed by atoms with Crippen LogP contribution in [0.25, 0.3) is 0 Å². The Labute approximate surface area is 124 Å². The van der Waals surface area contributed by atoms with Crippen LogP contribution in [0, 0.1) is 11.3 Å². The van der Waals surface area contributed by atoms with E-state index in [1.165, 1.54) is 32.2 Å². The zero-order valence-electron chi connectivity index (χ0n) is 13.4. The second-order valence-corrected chi connectivity index (χ2v) is 6.77. The topological polar surface area (TPSA) is 42.3 Å². The van der Waals surface area contributed by atoms with E-state index < -0.39 is 0 Å². The van der Waals surface area contributed by atoms with Gasteiger partial charge >= 0.3 is 0 Å². The van der Waals surface area contributed by atoms with E-state index in [2.05, 4.69) is 42.2 Å². The van der Waals surface area contributed by atoms with Crippen LogP contribution in [-0.2, 0) is 0 Å². The van der Waals surface area contributed by atoms with Crippen LogP contribution in [-0.4, -0.2) is 61.2 Å². The van der Waals surface area contributed by atoms with E-state index in [1.54, 1.807) is 0 Å². The van der Waals surface area contributed by atoms with Gasteiger partial charge in [0.2, 0.25) is 0 Å². The van der Waals surface area contributed by atoms with Crippen molar-refractivity contribution < 1.29 is 0 Å². The molecule has 1 heterocycles. The molecule has 4 nitrogen and oxygen atoms in total. The van der Waals surface area contributed by atoms with Gasteiger partial charge in [-0.05, 0) is 65.7 Å². The summed E-state index contributed by atoms with van der Waals surface area (Å²) >= 11 is 0. The Bertz CT molecular complexity index is 345. The summed E-state index contributed by atoms with van der Waals surface area (Å²) in [6, 6.07) is 3.86. The fraction of sp³-hybridized carbons (Fsp3) is 0.938. The second-order valence-electron chi connectivity index (χ2n) is 6.77. The van der Waals surface area contributed by atoms with Crippen LogP contribution < -0.4 is 5.32 Å². The lowest BCUT2D eigenvalue weighted by Gasteiger charge is -2.42. The van der Waals surface area contributed by atoms with Gasteiger partial charge in [0, 0.05) is 18.6 Å². The van der Waals surface area contributed by atoms with E-state index in [0.29, 0.717) is 12.1 Å². The maximum absolute atomic E-state index is 9.61. The fourth-order valence-electron chi connectivity index (χ4n) is 4.13. The van der Waals surface area contributed by atoms with Crippen LogP contribution in [0.15, 0.2) is 0 Å². The van der Waals surface area contributed by atoms with E-state index in [4.69, 9.17) is 0 Å². The molecule has 0 radical (unpaired) electrons. The fourth-order valence-corrected chi connectivity index (χ4v) is 4.13. The predicted octanol–water partition coefficient (Wildman–Crippen LogP) is 1.83. The van der Waals surface area contributed by atoms with Crippen LogP contribution in [0.5, 0.6) is 0 Å². The largest absolute Gasteiger partial charge is 0.308 e. The Morgan fingerprint density at radius 1 is 1.35 bits per heavy atom. The third-order valence-electron chi connectivity index (χ3n) is 4.92. The van der Waals surface area contributed by atoms with Gasteiger partial charge in [0.15, 0.2) is 0 Å². The van der Waals surface area contributed by atoms with Gasteiger partial charge in [0.1, 0.15) is 5.54 Å². The Morgan fingerprint density at radius 3 is 2.80 bits per heavy atom. The molecule has 114 valence electrons. The molecule has 1 saturated heterocycles. The van der Waals surface area contributed by atoms with Crippen LogP contribution in [0.3, 0.4) is 0 Å². The zero-order chi connectivity index (χ0) is 14.6. The highest BCUT2D eigenvalue weighted by Gasteiger charge is 2.40. The molecule has 3 unspecified atom stereocenters. The Balaban J connectivity index is 2.02. The van der Waals surface area contributed by atoms with Crippen LogP contribution in [0.4, 0.5) is 0 Å². The monoisotopic (exact) mass is 278 g/mol. The summed E-state index contributed by atoms with van der Waals surface area (Å²) in [6.45, 7) is 5.36. The minimum absolute atomic E-state index is 0.275. The van der Waals surface area contributed by atoms with Gasteiger partial charge in [0.25, 0.3) is 0 Å². The maximum atomic E-state index is 9.61. The standard InChI is InChI=1S/C16H30N4/c1-4-18-16(13-17)9-5-7-14(11-16)20-10-6-8-15(20)12-19(2)3/h14-15,18H,4-12H2,1-3H3. The van der Waals surface area contributed by atoms with E-state index in [0.717, 1.165) is 25.9 Å². The summed E-state index contributed by atoms with van der Waals surface area (Å²) in [5.74, 6) is 0. The van der Waals surface area contributed by atoms with Gasteiger partial charge < -0.3 is 4.90 Å². The average Bonchev–Trinajstić information content (AvgIpc) is 2.86. The molecule has 20 heavy (non-hydrogen) atoms. The molecule has 4 heteroatoms. The van der Waals surface area contributed by atoms with Crippen LogP contribution in [0.2, 0.25) is 0 Å². The molecule has 0 amide bonds.